The number of nitrogens with zero attached hydrogens (tertiary/aromatic N) is 2. The highest BCUT2D eigenvalue weighted by Crippen LogP contribution is 2.35. The van der Waals surface area contributed by atoms with Crippen molar-refractivity contribution in [3.63, 3.8) is 0 Å². The number of hydrogen-bond donors (Lipinski definition) is 0. The Morgan fingerprint density at radius 3 is 2.56 bits per heavy atom. The van der Waals surface area contributed by atoms with Gasteiger partial charge in [-0.1, -0.05) is 59.4 Å². The molecule has 0 saturated heterocycles. The lowest BCUT2D eigenvalue weighted by Crippen LogP contribution is -2.40. The minimum atomic E-state index is -0.693. The van der Waals surface area contributed by atoms with Gasteiger partial charge in [0.1, 0.15) is 11.8 Å². The number of para-hydroxylation sites is 1. The Hall–Kier alpha value is -3.45. The molecule has 0 N–H and O–H groups in total. The third kappa shape index (κ3) is 3.91. The number of hydrogen-bond acceptors (Lipinski definition) is 6. The van der Waals surface area contributed by atoms with Gasteiger partial charge in [0.2, 0.25) is 0 Å². The Morgan fingerprint density at radius 2 is 1.88 bits per heavy atom. The van der Waals surface area contributed by atoms with Gasteiger partial charge in [-0.3, -0.25) is 9.36 Å². The molecule has 164 valence electrons. The van der Waals surface area contributed by atoms with Crippen molar-refractivity contribution in [3.8, 4) is 5.75 Å². The molecule has 0 aliphatic carbocycles. The lowest BCUT2D eigenvalue weighted by molar-refractivity contribution is -0.139. The molecule has 0 amide bonds. The molecule has 0 spiro atoms. The predicted molar refractivity (Wildman–Crippen MR) is 125 cm³/mol. The molecule has 1 unspecified atom stereocenters. The molecule has 1 aliphatic heterocycles. The second-order valence-corrected chi connectivity index (χ2v) is 8.46. The number of fused-ring (bicyclic) bond motifs is 1. The molecule has 0 radical (unpaired) electrons. The lowest BCUT2D eigenvalue weighted by atomic mass is 9.95. The summed E-state index contributed by atoms with van der Waals surface area (Å²) in [6, 6.07) is 14.6. The zero-order valence-corrected chi connectivity index (χ0v) is 19.2. The second kappa shape index (κ2) is 8.96. The smallest absolute Gasteiger partial charge is 0.338 e. The number of carbonyl (C=O) groups excluding carboxylic acids is 1. The maximum absolute atomic E-state index is 13.6. The summed E-state index contributed by atoms with van der Waals surface area (Å²) < 4.78 is 13.0. The first-order chi connectivity index (χ1) is 15.4. The Bertz CT molecular complexity index is 1380. The Kier molecular flexibility index (Phi) is 6.10. The summed E-state index contributed by atoms with van der Waals surface area (Å²) >= 11 is 1.30. The average molecular weight is 449 g/mol. The summed E-state index contributed by atoms with van der Waals surface area (Å²) in [7, 11) is 1.57. The molecule has 3 aromatic rings. The van der Waals surface area contributed by atoms with Crippen LogP contribution in [-0.2, 0) is 9.53 Å². The minimum Gasteiger partial charge on any atom is -0.496 e. The molecular weight excluding hydrogens is 424 g/mol. The third-order valence-corrected chi connectivity index (χ3v) is 6.31. The van der Waals surface area contributed by atoms with Crippen LogP contribution in [0.2, 0.25) is 0 Å². The number of aryl methyl sites for hydroxylation is 1. The van der Waals surface area contributed by atoms with Crippen molar-refractivity contribution in [2.45, 2.75) is 26.8 Å². The van der Waals surface area contributed by atoms with Crippen molar-refractivity contribution in [1.29, 1.82) is 0 Å². The van der Waals surface area contributed by atoms with Gasteiger partial charge in [0.25, 0.3) is 5.56 Å². The van der Waals surface area contributed by atoms with Crippen LogP contribution in [-0.4, -0.2) is 24.3 Å². The fourth-order valence-electron chi connectivity index (χ4n) is 3.79. The summed E-state index contributed by atoms with van der Waals surface area (Å²) in [5.74, 6) is 0.0968. The first kappa shape index (κ1) is 21.8. The number of esters is 1. The monoisotopic (exact) mass is 448 g/mol. The molecular formula is C25H24N2O4S. The van der Waals surface area contributed by atoms with Gasteiger partial charge in [-0.05, 0) is 38.5 Å². The highest BCUT2D eigenvalue weighted by molar-refractivity contribution is 7.07. The average Bonchev–Trinajstić information content (AvgIpc) is 3.09. The first-order valence-corrected chi connectivity index (χ1v) is 11.2. The first-order valence-electron chi connectivity index (χ1n) is 10.3. The summed E-state index contributed by atoms with van der Waals surface area (Å²) in [6.45, 7) is 5.77. The molecule has 2 aromatic carbocycles. The molecule has 1 aliphatic rings. The van der Waals surface area contributed by atoms with Gasteiger partial charge in [-0.2, -0.15) is 0 Å². The molecule has 0 saturated carbocycles. The van der Waals surface area contributed by atoms with Gasteiger partial charge >= 0.3 is 5.97 Å². The topological polar surface area (TPSA) is 69.9 Å². The van der Waals surface area contributed by atoms with Gasteiger partial charge in [-0.15, -0.1) is 0 Å². The van der Waals surface area contributed by atoms with Gasteiger partial charge in [0.05, 0.1) is 29.5 Å². The van der Waals surface area contributed by atoms with Crippen LogP contribution in [0.4, 0.5) is 0 Å². The van der Waals surface area contributed by atoms with E-state index in [1.807, 2.05) is 61.5 Å². The van der Waals surface area contributed by atoms with Gasteiger partial charge in [0, 0.05) is 5.56 Å². The van der Waals surface area contributed by atoms with Crippen LogP contribution in [0, 0.1) is 6.92 Å². The molecule has 7 heteroatoms. The standard InChI is InChI=1S/C25H24N2O4S/c1-5-31-24(29)21-16(3)26-25-27(22(21)18-8-6-7-9-19(18)30-4)23(28)20(32-25)14-17-12-10-15(2)11-13-17/h6-14,22H,5H2,1-4H3/b20-14+. The SMILES string of the molecule is CCOC(=O)C1=C(C)N=c2s/c(=C/c3ccc(C)cc3)c(=O)n2C1c1ccccc1OC. The van der Waals surface area contributed by atoms with E-state index in [1.54, 1.807) is 25.5 Å². The number of aromatic nitrogens is 1. The summed E-state index contributed by atoms with van der Waals surface area (Å²) in [4.78, 5) is 31.6. The van der Waals surface area contributed by atoms with Crippen LogP contribution >= 0.6 is 11.3 Å². The molecule has 2 heterocycles. The van der Waals surface area contributed by atoms with Crippen molar-refractivity contribution in [2.24, 2.45) is 4.99 Å². The Labute approximate surface area is 189 Å². The lowest BCUT2D eigenvalue weighted by Gasteiger charge is -2.25. The predicted octanol–water partition coefficient (Wildman–Crippen LogP) is 3.12. The molecule has 4 rings (SSSR count). The molecule has 32 heavy (non-hydrogen) atoms. The quantitative estimate of drug-likeness (QED) is 0.563. The van der Waals surface area contributed by atoms with Gasteiger partial charge < -0.3 is 9.47 Å². The van der Waals surface area contributed by atoms with Crippen LogP contribution < -0.4 is 19.6 Å². The van der Waals surface area contributed by atoms with E-state index in [1.165, 1.54) is 11.3 Å². The highest BCUT2D eigenvalue weighted by Gasteiger charge is 2.34. The largest absolute Gasteiger partial charge is 0.496 e. The molecule has 1 atom stereocenters. The summed E-state index contributed by atoms with van der Waals surface area (Å²) in [6.07, 6.45) is 1.85. The minimum absolute atomic E-state index is 0.209. The fraction of sp³-hybridized carbons (Fsp3) is 0.240. The van der Waals surface area contributed by atoms with E-state index >= 15 is 0 Å². The number of carbonyl (C=O) groups is 1. The number of ether oxygens (including phenoxy) is 2. The zero-order valence-electron chi connectivity index (χ0n) is 18.4. The van der Waals surface area contributed by atoms with Gasteiger partial charge in [-0.25, -0.2) is 9.79 Å². The highest BCUT2D eigenvalue weighted by atomic mass is 32.1. The van der Waals surface area contributed by atoms with E-state index in [-0.39, 0.29) is 12.2 Å². The van der Waals surface area contributed by atoms with Gasteiger partial charge in [0.15, 0.2) is 4.80 Å². The molecule has 0 bridgehead atoms. The van der Waals surface area contributed by atoms with Crippen molar-refractivity contribution >= 4 is 23.4 Å². The molecule has 6 nitrogen and oxygen atoms in total. The number of methoxy groups -OCH3 is 1. The van der Waals surface area contributed by atoms with Crippen molar-refractivity contribution in [3.05, 3.63) is 96.2 Å². The summed E-state index contributed by atoms with van der Waals surface area (Å²) in [5.41, 5.74) is 3.44. The van der Waals surface area contributed by atoms with Crippen LogP contribution in [0.1, 0.15) is 36.6 Å². The van der Waals surface area contributed by atoms with Crippen molar-refractivity contribution in [2.75, 3.05) is 13.7 Å². The van der Waals surface area contributed by atoms with Crippen LogP contribution in [0.25, 0.3) is 6.08 Å². The second-order valence-electron chi connectivity index (χ2n) is 7.45. The van der Waals surface area contributed by atoms with E-state index < -0.39 is 12.0 Å². The molecule has 1 aromatic heterocycles. The molecule has 0 fully saturated rings. The number of thiazole rings is 1. The van der Waals surface area contributed by atoms with Crippen molar-refractivity contribution < 1.29 is 14.3 Å². The normalized spacial score (nSPS) is 15.9. The third-order valence-electron chi connectivity index (χ3n) is 5.33. The van der Waals surface area contributed by atoms with Crippen molar-refractivity contribution in [1.82, 2.24) is 4.57 Å². The van der Waals surface area contributed by atoms with E-state index in [0.29, 0.717) is 31.9 Å². The maximum atomic E-state index is 13.6. The van der Waals surface area contributed by atoms with E-state index in [4.69, 9.17) is 9.47 Å². The van der Waals surface area contributed by atoms with Crippen LogP contribution in [0.3, 0.4) is 0 Å². The maximum Gasteiger partial charge on any atom is 0.338 e. The zero-order chi connectivity index (χ0) is 22.8. The Balaban J connectivity index is 1.98. The number of benzene rings is 2. The summed E-state index contributed by atoms with van der Waals surface area (Å²) in [5, 5.41) is 0. The van der Waals surface area contributed by atoms with E-state index in [0.717, 1.165) is 11.1 Å². The van der Waals surface area contributed by atoms with Crippen LogP contribution in [0.5, 0.6) is 5.75 Å². The Morgan fingerprint density at radius 1 is 1.16 bits per heavy atom. The fourth-order valence-corrected chi connectivity index (χ4v) is 4.84. The number of rotatable bonds is 5. The van der Waals surface area contributed by atoms with E-state index in [2.05, 4.69) is 4.99 Å². The number of allylic oxidation sites excluding steroid dienone is 1. The van der Waals surface area contributed by atoms with E-state index in [9.17, 15) is 9.59 Å². The van der Waals surface area contributed by atoms with Crippen LogP contribution in [0.15, 0.2) is 69.6 Å².